The highest BCUT2D eigenvalue weighted by Gasteiger charge is 2.17. The number of Topliss-reactive ketones (excluding diaryl/α,β-unsaturated/α-hetero) is 1. The molecule has 0 radical (unpaired) electrons. The van der Waals surface area contributed by atoms with Gasteiger partial charge in [0, 0.05) is 6.92 Å². The molecule has 1 heterocycles. The van der Waals surface area contributed by atoms with Crippen LogP contribution in [0.25, 0.3) is 0 Å². The van der Waals surface area contributed by atoms with Crippen LogP contribution in [0.1, 0.15) is 27.8 Å². The second kappa shape index (κ2) is 2.53. The summed E-state index contributed by atoms with van der Waals surface area (Å²) in [5.74, 6) is -1.63. The Morgan fingerprint density at radius 2 is 2.27 bits per heavy atom. The summed E-state index contributed by atoms with van der Waals surface area (Å²) in [4.78, 5) is 21.0. The van der Waals surface area contributed by atoms with E-state index in [0.29, 0.717) is 0 Å². The molecule has 0 amide bonds. The van der Waals surface area contributed by atoms with Crippen molar-refractivity contribution in [3.63, 3.8) is 0 Å². The van der Waals surface area contributed by atoms with Crippen LogP contribution in [0.15, 0.2) is 10.8 Å². The van der Waals surface area contributed by atoms with E-state index in [9.17, 15) is 9.59 Å². The molecule has 1 rings (SSSR count). The molecule has 1 aromatic rings. The van der Waals surface area contributed by atoms with Crippen molar-refractivity contribution in [1.82, 2.24) is 5.16 Å². The molecular weight excluding hydrogens is 150 g/mol. The largest absolute Gasteiger partial charge is 0.477 e. The summed E-state index contributed by atoms with van der Waals surface area (Å²) < 4.78 is 4.32. The minimum absolute atomic E-state index is 0.141. The molecule has 0 saturated carbocycles. The maximum absolute atomic E-state index is 10.6. The average molecular weight is 155 g/mol. The first-order valence-corrected chi connectivity index (χ1v) is 2.81. The number of nitrogens with zero attached hydrogens (tertiary/aromatic N) is 1. The average Bonchev–Trinajstić information content (AvgIpc) is 2.32. The summed E-state index contributed by atoms with van der Waals surface area (Å²) in [5, 5.41) is 11.7. The molecule has 0 atom stereocenters. The molecule has 58 valence electrons. The molecule has 0 fully saturated rings. The van der Waals surface area contributed by atoms with E-state index in [1.807, 2.05) is 0 Å². The van der Waals surface area contributed by atoms with Crippen molar-refractivity contribution in [2.75, 3.05) is 0 Å². The van der Waals surface area contributed by atoms with Gasteiger partial charge < -0.3 is 9.63 Å². The maximum Gasteiger partial charge on any atom is 0.341 e. The molecule has 0 saturated heterocycles. The minimum Gasteiger partial charge on any atom is -0.477 e. The van der Waals surface area contributed by atoms with Crippen molar-refractivity contribution in [3.8, 4) is 0 Å². The van der Waals surface area contributed by atoms with Crippen LogP contribution in [0.3, 0.4) is 0 Å². The SMILES string of the molecule is CC(=O)c1nocc1C(=O)O. The molecule has 0 aliphatic heterocycles. The maximum atomic E-state index is 10.6. The number of carboxylic acids is 1. The standard InChI is InChI=1S/C6H5NO4/c1-3(8)5-4(6(9)10)2-11-7-5/h2H,1H3,(H,9,10). The van der Waals surface area contributed by atoms with Crippen LogP contribution in [0.2, 0.25) is 0 Å². The van der Waals surface area contributed by atoms with Gasteiger partial charge in [0.25, 0.3) is 0 Å². The fraction of sp³-hybridized carbons (Fsp3) is 0.167. The molecule has 5 nitrogen and oxygen atoms in total. The molecule has 0 bridgehead atoms. The molecule has 0 unspecified atom stereocenters. The lowest BCUT2D eigenvalue weighted by Gasteiger charge is -1.87. The van der Waals surface area contributed by atoms with Gasteiger partial charge in [-0.1, -0.05) is 5.16 Å². The third-order valence-corrected chi connectivity index (χ3v) is 1.13. The fourth-order valence-electron chi connectivity index (χ4n) is 0.642. The van der Waals surface area contributed by atoms with Gasteiger partial charge in [0.15, 0.2) is 11.5 Å². The van der Waals surface area contributed by atoms with Crippen LogP contribution in [0.4, 0.5) is 0 Å². The molecule has 5 heteroatoms. The smallest absolute Gasteiger partial charge is 0.341 e. The van der Waals surface area contributed by atoms with Gasteiger partial charge in [-0.05, 0) is 0 Å². The zero-order chi connectivity index (χ0) is 8.43. The zero-order valence-corrected chi connectivity index (χ0v) is 5.70. The Balaban J connectivity index is 3.16. The second-order valence-corrected chi connectivity index (χ2v) is 1.94. The molecule has 0 aromatic carbocycles. The van der Waals surface area contributed by atoms with E-state index in [2.05, 4.69) is 9.68 Å². The van der Waals surface area contributed by atoms with Crippen molar-refractivity contribution in [1.29, 1.82) is 0 Å². The molecular formula is C6H5NO4. The molecule has 0 aliphatic rings. The van der Waals surface area contributed by atoms with Gasteiger partial charge in [0.1, 0.15) is 11.8 Å². The Kier molecular flexibility index (Phi) is 1.72. The monoisotopic (exact) mass is 155 g/mol. The van der Waals surface area contributed by atoms with E-state index >= 15 is 0 Å². The van der Waals surface area contributed by atoms with E-state index in [0.717, 1.165) is 6.26 Å². The lowest BCUT2D eigenvalue weighted by atomic mass is 10.2. The first-order valence-electron chi connectivity index (χ1n) is 2.81. The number of aromatic carboxylic acids is 1. The molecule has 1 aromatic heterocycles. The highest BCUT2D eigenvalue weighted by atomic mass is 16.5. The van der Waals surface area contributed by atoms with E-state index in [4.69, 9.17) is 5.11 Å². The predicted octanol–water partition coefficient (Wildman–Crippen LogP) is 0.575. The number of aromatic nitrogens is 1. The fourth-order valence-corrected chi connectivity index (χ4v) is 0.642. The minimum atomic E-state index is -1.21. The Morgan fingerprint density at radius 3 is 2.64 bits per heavy atom. The Morgan fingerprint density at radius 1 is 1.64 bits per heavy atom. The number of carboxylic acid groups (broad SMARTS) is 1. The van der Waals surface area contributed by atoms with E-state index in [1.54, 1.807) is 0 Å². The summed E-state index contributed by atoms with van der Waals surface area (Å²) in [6.07, 6.45) is 0.930. The molecule has 11 heavy (non-hydrogen) atoms. The summed E-state index contributed by atoms with van der Waals surface area (Å²) in [5.41, 5.74) is -0.338. The molecule has 0 aliphatic carbocycles. The van der Waals surface area contributed by atoms with Gasteiger partial charge in [-0.15, -0.1) is 0 Å². The lowest BCUT2D eigenvalue weighted by Crippen LogP contribution is -2.03. The third-order valence-electron chi connectivity index (χ3n) is 1.13. The van der Waals surface area contributed by atoms with E-state index < -0.39 is 11.8 Å². The van der Waals surface area contributed by atoms with Crippen LogP contribution in [0, 0.1) is 0 Å². The van der Waals surface area contributed by atoms with Crippen LogP contribution in [0.5, 0.6) is 0 Å². The number of carbonyl (C=O) groups excluding carboxylic acids is 1. The Bertz CT molecular complexity index is 273. The van der Waals surface area contributed by atoms with Gasteiger partial charge in [0.2, 0.25) is 0 Å². The molecule has 0 spiro atoms. The van der Waals surface area contributed by atoms with Crippen molar-refractivity contribution < 1.29 is 19.2 Å². The van der Waals surface area contributed by atoms with Crippen molar-refractivity contribution >= 4 is 11.8 Å². The Labute approximate surface area is 61.6 Å². The quantitative estimate of drug-likeness (QED) is 0.631. The normalized spacial score (nSPS) is 9.55. The predicted molar refractivity (Wildman–Crippen MR) is 33.5 cm³/mol. The van der Waals surface area contributed by atoms with Crippen molar-refractivity contribution in [2.24, 2.45) is 0 Å². The number of carbonyl (C=O) groups is 2. The number of ketones is 1. The highest BCUT2D eigenvalue weighted by molar-refractivity contribution is 6.02. The lowest BCUT2D eigenvalue weighted by molar-refractivity contribution is 0.0692. The van der Waals surface area contributed by atoms with Gasteiger partial charge >= 0.3 is 5.97 Å². The summed E-state index contributed by atoms with van der Waals surface area (Å²) in [6.45, 7) is 1.23. The van der Waals surface area contributed by atoms with Crippen LogP contribution >= 0.6 is 0 Å². The number of hydrogen-bond donors (Lipinski definition) is 1. The van der Waals surface area contributed by atoms with Gasteiger partial charge in [-0.2, -0.15) is 0 Å². The van der Waals surface area contributed by atoms with Gasteiger partial charge in [-0.25, -0.2) is 4.79 Å². The summed E-state index contributed by atoms with van der Waals surface area (Å²) in [7, 11) is 0. The first kappa shape index (κ1) is 7.46. The van der Waals surface area contributed by atoms with Gasteiger partial charge in [0.05, 0.1) is 0 Å². The number of hydrogen-bond acceptors (Lipinski definition) is 4. The first-order chi connectivity index (χ1) is 5.13. The van der Waals surface area contributed by atoms with E-state index in [1.165, 1.54) is 6.92 Å². The highest BCUT2D eigenvalue weighted by Crippen LogP contribution is 2.06. The summed E-state index contributed by atoms with van der Waals surface area (Å²) >= 11 is 0. The summed E-state index contributed by atoms with van der Waals surface area (Å²) in [6, 6.07) is 0. The Hall–Kier alpha value is -1.65. The third kappa shape index (κ3) is 1.26. The van der Waals surface area contributed by atoms with Crippen molar-refractivity contribution in [3.05, 3.63) is 17.5 Å². The van der Waals surface area contributed by atoms with Crippen LogP contribution in [-0.4, -0.2) is 22.0 Å². The number of rotatable bonds is 2. The zero-order valence-electron chi connectivity index (χ0n) is 5.70. The second-order valence-electron chi connectivity index (χ2n) is 1.94. The van der Waals surface area contributed by atoms with E-state index in [-0.39, 0.29) is 11.3 Å². The van der Waals surface area contributed by atoms with Gasteiger partial charge in [-0.3, -0.25) is 4.79 Å². The van der Waals surface area contributed by atoms with Crippen molar-refractivity contribution in [2.45, 2.75) is 6.92 Å². The molecule has 1 N–H and O–H groups in total. The van der Waals surface area contributed by atoms with Crippen LogP contribution in [-0.2, 0) is 0 Å². The van der Waals surface area contributed by atoms with Crippen LogP contribution < -0.4 is 0 Å². The topological polar surface area (TPSA) is 80.4 Å².